The lowest BCUT2D eigenvalue weighted by molar-refractivity contribution is -0.0505. The molecule has 0 saturated heterocycles. The highest BCUT2D eigenvalue weighted by Gasteiger charge is 2.11. The second-order valence-electron chi connectivity index (χ2n) is 4.71. The molecular weight excluding hydrogens is 336 g/mol. The number of nitrogens with one attached hydrogen (secondary N) is 2. The van der Waals surface area contributed by atoms with Gasteiger partial charge in [0.25, 0.3) is 0 Å². The van der Waals surface area contributed by atoms with Crippen LogP contribution in [0, 0.1) is 0 Å². The Morgan fingerprint density at radius 3 is 2.67 bits per heavy atom. The minimum atomic E-state index is -2.90. The molecule has 0 bridgehead atoms. The third-order valence-corrected chi connectivity index (χ3v) is 4.05. The number of ether oxygens (including phenoxy) is 2. The van der Waals surface area contributed by atoms with Gasteiger partial charge in [0.15, 0.2) is 5.96 Å². The number of guanidine groups is 1. The SMILES string of the molecule is CN=C(NCc1cccs1)NCc1ccc(OC)cc1OC(F)F. The number of hydrogen-bond acceptors (Lipinski definition) is 4. The van der Waals surface area contributed by atoms with Crippen molar-refractivity contribution in [3.05, 3.63) is 46.2 Å². The van der Waals surface area contributed by atoms with E-state index in [0.29, 0.717) is 23.8 Å². The molecule has 0 saturated carbocycles. The summed E-state index contributed by atoms with van der Waals surface area (Å²) >= 11 is 1.64. The molecule has 0 spiro atoms. The Morgan fingerprint density at radius 2 is 2.04 bits per heavy atom. The van der Waals surface area contributed by atoms with Crippen LogP contribution in [-0.2, 0) is 13.1 Å². The summed E-state index contributed by atoms with van der Waals surface area (Å²) < 4.78 is 34.7. The van der Waals surface area contributed by atoms with Crippen molar-refractivity contribution in [2.75, 3.05) is 14.2 Å². The van der Waals surface area contributed by atoms with Crippen molar-refractivity contribution in [1.82, 2.24) is 10.6 Å². The molecule has 0 amide bonds. The summed E-state index contributed by atoms with van der Waals surface area (Å²) in [6, 6.07) is 8.80. The van der Waals surface area contributed by atoms with Crippen LogP contribution in [0.2, 0.25) is 0 Å². The van der Waals surface area contributed by atoms with Crippen LogP contribution in [-0.4, -0.2) is 26.7 Å². The van der Waals surface area contributed by atoms with Gasteiger partial charge >= 0.3 is 6.61 Å². The van der Waals surface area contributed by atoms with Crippen LogP contribution < -0.4 is 20.1 Å². The lowest BCUT2D eigenvalue weighted by Crippen LogP contribution is -2.36. The predicted molar refractivity (Wildman–Crippen MR) is 91.0 cm³/mol. The Balaban J connectivity index is 1.98. The van der Waals surface area contributed by atoms with Crippen LogP contribution >= 0.6 is 11.3 Å². The molecule has 0 unspecified atom stereocenters. The first-order valence-electron chi connectivity index (χ1n) is 7.21. The Kier molecular flexibility index (Phi) is 6.80. The summed E-state index contributed by atoms with van der Waals surface area (Å²) in [6.45, 7) is -1.97. The lowest BCUT2D eigenvalue weighted by atomic mass is 10.2. The summed E-state index contributed by atoms with van der Waals surface area (Å²) in [6.07, 6.45) is 0. The van der Waals surface area contributed by atoms with Gasteiger partial charge in [-0.05, 0) is 23.6 Å². The zero-order valence-electron chi connectivity index (χ0n) is 13.4. The number of benzene rings is 1. The van der Waals surface area contributed by atoms with E-state index < -0.39 is 6.61 Å². The molecule has 0 aliphatic carbocycles. The minimum absolute atomic E-state index is 0.0746. The molecule has 2 aromatic rings. The maximum absolute atomic E-state index is 12.6. The fourth-order valence-electron chi connectivity index (χ4n) is 2.00. The van der Waals surface area contributed by atoms with Crippen molar-refractivity contribution in [1.29, 1.82) is 0 Å². The third kappa shape index (κ3) is 5.38. The van der Waals surface area contributed by atoms with Crippen molar-refractivity contribution in [3.8, 4) is 11.5 Å². The van der Waals surface area contributed by atoms with Gasteiger partial charge in [-0.15, -0.1) is 11.3 Å². The van der Waals surface area contributed by atoms with Gasteiger partial charge in [0, 0.05) is 30.1 Å². The minimum Gasteiger partial charge on any atom is -0.497 e. The van der Waals surface area contributed by atoms with Crippen molar-refractivity contribution in [2.45, 2.75) is 19.7 Å². The summed E-state index contributed by atoms with van der Waals surface area (Å²) in [5, 5.41) is 8.24. The van der Waals surface area contributed by atoms with Crippen molar-refractivity contribution < 1.29 is 18.3 Å². The largest absolute Gasteiger partial charge is 0.497 e. The van der Waals surface area contributed by atoms with Crippen molar-refractivity contribution in [2.24, 2.45) is 4.99 Å². The second-order valence-corrected chi connectivity index (χ2v) is 5.74. The molecule has 1 aromatic carbocycles. The van der Waals surface area contributed by atoms with E-state index in [1.807, 2.05) is 17.5 Å². The quantitative estimate of drug-likeness (QED) is 0.591. The highest BCUT2D eigenvalue weighted by atomic mass is 32.1. The number of alkyl halides is 2. The number of halogens is 2. The molecule has 0 aliphatic heterocycles. The van der Waals surface area contributed by atoms with E-state index in [2.05, 4.69) is 20.4 Å². The van der Waals surface area contributed by atoms with Crippen LogP contribution in [0.5, 0.6) is 11.5 Å². The van der Waals surface area contributed by atoms with Crippen molar-refractivity contribution >= 4 is 17.3 Å². The van der Waals surface area contributed by atoms with Crippen LogP contribution in [0.4, 0.5) is 8.78 Å². The second kappa shape index (κ2) is 9.07. The van der Waals surface area contributed by atoms with Crippen LogP contribution in [0.1, 0.15) is 10.4 Å². The molecule has 24 heavy (non-hydrogen) atoms. The molecule has 0 fully saturated rings. The maximum Gasteiger partial charge on any atom is 0.387 e. The predicted octanol–water partition coefficient (Wildman–Crippen LogP) is 3.22. The van der Waals surface area contributed by atoms with E-state index in [-0.39, 0.29) is 12.3 Å². The number of thiophene rings is 1. The van der Waals surface area contributed by atoms with Gasteiger partial charge in [-0.3, -0.25) is 4.99 Å². The van der Waals surface area contributed by atoms with Gasteiger partial charge in [0.1, 0.15) is 11.5 Å². The highest BCUT2D eigenvalue weighted by molar-refractivity contribution is 7.09. The van der Waals surface area contributed by atoms with Crippen LogP contribution in [0.15, 0.2) is 40.7 Å². The number of hydrogen-bond donors (Lipinski definition) is 2. The molecule has 1 heterocycles. The average molecular weight is 355 g/mol. The van der Waals surface area contributed by atoms with Gasteiger partial charge in [-0.2, -0.15) is 8.78 Å². The van der Waals surface area contributed by atoms with E-state index in [1.54, 1.807) is 30.5 Å². The zero-order chi connectivity index (χ0) is 17.4. The molecule has 0 atom stereocenters. The summed E-state index contributed by atoms with van der Waals surface area (Å²) in [7, 11) is 3.12. The Bertz CT molecular complexity index is 663. The Labute approximate surface area is 143 Å². The van der Waals surface area contributed by atoms with Gasteiger partial charge in [0.2, 0.25) is 0 Å². The van der Waals surface area contributed by atoms with E-state index in [0.717, 1.165) is 0 Å². The smallest absolute Gasteiger partial charge is 0.387 e. The normalized spacial score (nSPS) is 11.5. The molecule has 2 N–H and O–H groups in total. The molecular formula is C16H19F2N3O2S. The molecule has 130 valence electrons. The van der Waals surface area contributed by atoms with Gasteiger partial charge in [-0.1, -0.05) is 6.07 Å². The van der Waals surface area contributed by atoms with Crippen molar-refractivity contribution in [3.63, 3.8) is 0 Å². The Morgan fingerprint density at radius 1 is 1.25 bits per heavy atom. The van der Waals surface area contributed by atoms with E-state index in [4.69, 9.17) is 4.74 Å². The fourth-order valence-corrected chi connectivity index (χ4v) is 2.64. The topological polar surface area (TPSA) is 54.9 Å². The first kappa shape index (κ1) is 18.0. The number of rotatable bonds is 7. The summed E-state index contributed by atoms with van der Waals surface area (Å²) in [5.74, 6) is 1.10. The van der Waals surface area contributed by atoms with Gasteiger partial charge < -0.3 is 20.1 Å². The molecule has 5 nitrogen and oxygen atoms in total. The summed E-state index contributed by atoms with van der Waals surface area (Å²) in [4.78, 5) is 5.28. The fraction of sp³-hybridized carbons (Fsp3) is 0.312. The molecule has 0 radical (unpaired) electrons. The zero-order valence-corrected chi connectivity index (χ0v) is 14.2. The maximum atomic E-state index is 12.6. The number of methoxy groups -OCH3 is 1. The third-order valence-electron chi connectivity index (χ3n) is 3.17. The number of aliphatic imine (C=N–C) groups is 1. The highest BCUT2D eigenvalue weighted by Crippen LogP contribution is 2.26. The van der Waals surface area contributed by atoms with Crippen LogP contribution in [0.3, 0.4) is 0 Å². The summed E-state index contributed by atoms with van der Waals surface area (Å²) in [5.41, 5.74) is 0.579. The average Bonchev–Trinajstić information content (AvgIpc) is 3.09. The lowest BCUT2D eigenvalue weighted by Gasteiger charge is -2.15. The molecule has 8 heteroatoms. The molecule has 0 aliphatic rings. The monoisotopic (exact) mass is 355 g/mol. The Hall–Kier alpha value is -2.35. The molecule has 1 aromatic heterocycles. The van der Waals surface area contributed by atoms with Crippen LogP contribution in [0.25, 0.3) is 0 Å². The standard InChI is InChI=1S/C16H19F2N3O2S/c1-19-16(21-10-13-4-3-7-24-13)20-9-11-5-6-12(22-2)8-14(11)23-15(17)18/h3-8,15H,9-10H2,1-2H3,(H2,19,20,21). The van der Waals surface area contributed by atoms with Gasteiger partial charge in [0.05, 0.1) is 13.7 Å². The van der Waals surface area contributed by atoms with E-state index >= 15 is 0 Å². The van der Waals surface area contributed by atoms with E-state index in [9.17, 15) is 8.78 Å². The first-order chi connectivity index (χ1) is 11.6. The number of nitrogens with zero attached hydrogens (tertiary/aromatic N) is 1. The van der Waals surface area contributed by atoms with E-state index in [1.165, 1.54) is 18.1 Å². The first-order valence-corrected chi connectivity index (χ1v) is 8.09. The van der Waals surface area contributed by atoms with Gasteiger partial charge in [-0.25, -0.2) is 0 Å². The molecule has 2 rings (SSSR count).